The van der Waals surface area contributed by atoms with Crippen LogP contribution in [0.1, 0.15) is 25.8 Å². The number of carbonyl (C=O) groups is 2. The molecule has 0 aliphatic carbocycles. The van der Waals surface area contributed by atoms with Gasteiger partial charge in [0.1, 0.15) is 0 Å². The Labute approximate surface area is 143 Å². The first-order valence-corrected chi connectivity index (χ1v) is 8.71. The largest absolute Gasteiger partial charge is 0.336 e. The first kappa shape index (κ1) is 16.6. The summed E-state index contributed by atoms with van der Waals surface area (Å²) in [4.78, 5) is 28.0. The minimum atomic E-state index is -0.0490. The molecule has 0 spiro atoms. The van der Waals surface area contributed by atoms with E-state index < -0.39 is 0 Å². The van der Waals surface area contributed by atoms with E-state index in [-0.39, 0.29) is 12.1 Å². The molecule has 24 heavy (non-hydrogen) atoms. The molecule has 1 aromatic carbocycles. The molecule has 2 saturated heterocycles. The third kappa shape index (κ3) is 3.63. The molecule has 0 bridgehead atoms. The van der Waals surface area contributed by atoms with Crippen molar-refractivity contribution in [1.29, 1.82) is 0 Å². The number of para-hydroxylation sites is 1. The molecule has 0 unspecified atom stereocenters. The number of amides is 4. The molecular weight excluding hydrogens is 304 g/mol. The number of likely N-dealkylation sites (tertiary alicyclic amines) is 1. The topological polar surface area (TPSA) is 64.7 Å². The van der Waals surface area contributed by atoms with Crippen molar-refractivity contribution < 1.29 is 9.59 Å². The van der Waals surface area contributed by atoms with Gasteiger partial charge in [-0.1, -0.05) is 32.0 Å². The second kappa shape index (κ2) is 7.11. The summed E-state index contributed by atoms with van der Waals surface area (Å²) in [6, 6.07) is 7.61. The van der Waals surface area contributed by atoms with Crippen LogP contribution in [0.15, 0.2) is 24.3 Å². The molecule has 0 radical (unpaired) electrons. The zero-order valence-corrected chi connectivity index (χ0v) is 14.4. The monoisotopic (exact) mass is 330 g/mol. The number of nitrogens with zero attached hydrogens (tertiary/aromatic N) is 2. The van der Waals surface area contributed by atoms with Crippen LogP contribution in [0.2, 0.25) is 0 Å². The van der Waals surface area contributed by atoms with E-state index in [0.29, 0.717) is 31.5 Å². The molecule has 2 N–H and O–H groups in total. The van der Waals surface area contributed by atoms with Crippen molar-refractivity contribution in [3.8, 4) is 0 Å². The van der Waals surface area contributed by atoms with Crippen molar-refractivity contribution in [2.45, 2.75) is 26.8 Å². The molecule has 0 aromatic heterocycles. The van der Waals surface area contributed by atoms with Gasteiger partial charge >= 0.3 is 12.1 Å². The van der Waals surface area contributed by atoms with E-state index in [0.717, 1.165) is 30.8 Å². The predicted octanol–water partition coefficient (Wildman–Crippen LogP) is 2.72. The average molecular weight is 330 g/mol. The van der Waals surface area contributed by atoms with E-state index in [2.05, 4.69) is 24.5 Å². The molecule has 3 rings (SSSR count). The number of hydrogen-bond acceptors (Lipinski definition) is 2. The molecule has 4 amide bonds. The molecule has 2 aliphatic rings. The first-order chi connectivity index (χ1) is 11.5. The SMILES string of the molecule is C[C@@H]1CCN(C(=O)Nc2ccccc2CN2CCNC2=O)C[C@@H]1C. The van der Waals surface area contributed by atoms with Crippen LogP contribution in [0.3, 0.4) is 0 Å². The highest BCUT2D eigenvalue weighted by Crippen LogP contribution is 2.24. The van der Waals surface area contributed by atoms with Gasteiger partial charge in [0.05, 0.1) is 0 Å². The maximum atomic E-state index is 12.6. The molecule has 1 aromatic rings. The Morgan fingerprint density at radius 2 is 2.04 bits per heavy atom. The van der Waals surface area contributed by atoms with Crippen molar-refractivity contribution in [1.82, 2.24) is 15.1 Å². The second-order valence-corrected chi connectivity index (χ2v) is 6.93. The molecule has 2 aliphatic heterocycles. The van der Waals surface area contributed by atoms with Crippen LogP contribution in [-0.2, 0) is 6.54 Å². The predicted molar refractivity (Wildman–Crippen MR) is 93.8 cm³/mol. The summed E-state index contributed by atoms with van der Waals surface area (Å²) >= 11 is 0. The van der Waals surface area contributed by atoms with Crippen LogP contribution in [0.4, 0.5) is 15.3 Å². The van der Waals surface area contributed by atoms with Gasteiger partial charge in [-0.2, -0.15) is 0 Å². The van der Waals surface area contributed by atoms with Gasteiger partial charge in [0, 0.05) is 38.4 Å². The quantitative estimate of drug-likeness (QED) is 0.895. The highest BCUT2D eigenvalue weighted by Gasteiger charge is 2.26. The lowest BCUT2D eigenvalue weighted by Crippen LogP contribution is -2.44. The Kier molecular flexibility index (Phi) is 4.92. The van der Waals surface area contributed by atoms with E-state index in [9.17, 15) is 9.59 Å². The Hall–Kier alpha value is -2.24. The Bertz CT molecular complexity index is 619. The van der Waals surface area contributed by atoms with Crippen LogP contribution in [0.5, 0.6) is 0 Å². The molecule has 6 heteroatoms. The van der Waals surface area contributed by atoms with Crippen molar-refractivity contribution in [3.05, 3.63) is 29.8 Å². The van der Waals surface area contributed by atoms with Crippen LogP contribution < -0.4 is 10.6 Å². The maximum Gasteiger partial charge on any atom is 0.321 e. The Balaban J connectivity index is 1.66. The number of piperidine rings is 1. The lowest BCUT2D eigenvalue weighted by Gasteiger charge is -2.35. The fourth-order valence-corrected chi connectivity index (χ4v) is 3.29. The Morgan fingerprint density at radius 1 is 1.25 bits per heavy atom. The fraction of sp³-hybridized carbons (Fsp3) is 0.556. The summed E-state index contributed by atoms with van der Waals surface area (Å²) in [6.45, 7) is 7.92. The lowest BCUT2D eigenvalue weighted by atomic mass is 9.89. The standard InChI is InChI=1S/C18H26N4O2/c1-13-7-9-21(11-14(13)2)18(24)20-16-6-4-3-5-15(16)12-22-10-8-19-17(22)23/h3-6,13-14H,7-12H2,1-2H3,(H,19,23)(H,20,24)/t13-,14+/m1/s1. The lowest BCUT2D eigenvalue weighted by molar-refractivity contribution is 0.154. The minimum Gasteiger partial charge on any atom is -0.336 e. The molecule has 2 atom stereocenters. The van der Waals surface area contributed by atoms with Crippen LogP contribution in [-0.4, -0.2) is 48.0 Å². The number of hydrogen-bond donors (Lipinski definition) is 2. The average Bonchev–Trinajstić information content (AvgIpc) is 2.97. The molecule has 0 saturated carbocycles. The summed E-state index contributed by atoms with van der Waals surface area (Å²) in [6.07, 6.45) is 1.05. The van der Waals surface area contributed by atoms with E-state index in [1.165, 1.54) is 0 Å². The van der Waals surface area contributed by atoms with Crippen molar-refractivity contribution >= 4 is 17.7 Å². The molecule has 2 heterocycles. The first-order valence-electron chi connectivity index (χ1n) is 8.71. The summed E-state index contributed by atoms with van der Waals surface area (Å²) in [7, 11) is 0. The van der Waals surface area contributed by atoms with Gasteiger partial charge < -0.3 is 20.4 Å². The van der Waals surface area contributed by atoms with Crippen molar-refractivity contribution in [3.63, 3.8) is 0 Å². The van der Waals surface area contributed by atoms with Gasteiger partial charge in [0.2, 0.25) is 0 Å². The van der Waals surface area contributed by atoms with Gasteiger partial charge in [-0.15, -0.1) is 0 Å². The fourth-order valence-electron chi connectivity index (χ4n) is 3.29. The van der Waals surface area contributed by atoms with Crippen LogP contribution in [0.25, 0.3) is 0 Å². The van der Waals surface area contributed by atoms with E-state index in [1.54, 1.807) is 4.90 Å². The van der Waals surface area contributed by atoms with Crippen molar-refractivity contribution in [2.24, 2.45) is 11.8 Å². The summed E-state index contributed by atoms with van der Waals surface area (Å²) < 4.78 is 0. The van der Waals surface area contributed by atoms with Gasteiger partial charge in [0.15, 0.2) is 0 Å². The number of anilines is 1. The van der Waals surface area contributed by atoms with Gasteiger partial charge in [-0.3, -0.25) is 0 Å². The maximum absolute atomic E-state index is 12.6. The number of urea groups is 2. The highest BCUT2D eigenvalue weighted by atomic mass is 16.2. The molecular formula is C18H26N4O2. The van der Waals surface area contributed by atoms with E-state index in [1.807, 2.05) is 29.2 Å². The summed E-state index contributed by atoms with van der Waals surface area (Å²) in [5.74, 6) is 1.18. The summed E-state index contributed by atoms with van der Waals surface area (Å²) in [5.41, 5.74) is 1.75. The Morgan fingerprint density at radius 3 is 2.75 bits per heavy atom. The third-order valence-electron chi connectivity index (χ3n) is 5.19. The van der Waals surface area contributed by atoms with Gasteiger partial charge in [-0.25, -0.2) is 9.59 Å². The number of rotatable bonds is 3. The summed E-state index contributed by atoms with van der Waals surface area (Å²) in [5, 5.41) is 5.84. The third-order valence-corrected chi connectivity index (χ3v) is 5.19. The van der Waals surface area contributed by atoms with Crippen molar-refractivity contribution in [2.75, 3.05) is 31.5 Å². The highest BCUT2D eigenvalue weighted by molar-refractivity contribution is 5.90. The number of carbonyl (C=O) groups excluding carboxylic acids is 2. The van der Waals surface area contributed by atoms with Gasteiger partial charge in [0.25, 0.3) is 0 Å². The van der Waals surface area contributed by atoms with Crippen LogP contribution in [0, 0.1) is 11.8 Å². The zero-order valence-electron chi connectivity index (χ0n) is 14.4. The smallest absolute Gasteiger partial charge is 0.321 e. The number of benzene rings is 1. The zero-order chi connectivity index (χ0) is 17.1. The number of nitrogens with one attached hydrogen (secondary N) is 2. The molecule has 2 fully saturated rings. The van der Waals surface area contributed by atoms with Gasteiger partial charge in [-0.05, 0) is 29.9 Å². The van der Waals surface area contributed by atoms with Crippen LogP contribution >= 0.6 is 0 Å². The minimum absolute atomic E-state index is 0.0463. The normalized spacial score (nSPS) is 24.0. The molecule has 6 nitrogen and oxygen atoms in total. The van der Waals surface area contributed by atoms with E-state index >= 15 is 0 Å². The van der Waals surface area contributed by atoms with E-state index in [4.69, 9.17) is 0 Å². The second-order valence-electron chi connectivity index (χ2n) is 6.93. The molecule has 130 valence electrons.